The van der Waals surface area contributed by atoms with Gasteiger partial charge in [-0.05, 0) is 49.6 Å². The third kappa shape index (κ3) is 4.93. The van der Waals surface area contributed by atoms with Crippen LogP contribution >= 0.6 is 0 Å². The van der Waals surface area contributed by atoms with Crippen LogP contribution in [-0.4, -0.2) is 55.1 Å². The van der Waals surface area contributed by atoms with E-state index >= 15 is 0 Å². The lowest BCUT2D eigenvalue weighted by Gasteiger charge is -2.36. The van der Waals surface area contributed by atoms with Gasteiger partial charge in [0.2, 0.25) is 11.8 Å². The van der Waals surface area contributed by atoms with Crippen molar-refractivity contribution in [1.82, 2.24) is 9.88 Å². The van der Waals surface area contributed by atoms with Gasteiger partial charge in [-0.1, -0.05) is 24.3 Å². The minimum absolute atomic E-state index is 0.0138. The van der Waals surface area contributed by atoms with Crippen molar-refractivity contribution in [1.29, 1.82) is 0 Å². The highest BCUT2D eigenvalue weighted by Gasteiger charge is 2.19. The fourth-order valence-corrected chi connectivity index (χ4v) is 4.66. The quantitative estimate of drug-likeness (QED) is 0.548. The number of nitrogens with one attached hydrogen (secondary N) is 1. The Hall–Kier alpha value is -3.19. The van der Waals surface area contributed by atoms with Gasteiger partial charge < -0.3 is 15.0 Å². The minimum atomic E-state index is -0.162. The van der Waals surface area contributed by atoms with Gasteiger partial charge >= 0.3 is 0 Å². The highest BCUT2D eigenvalue weighted by molar-refractivity contribution is 5.95. The number of piperazine rings is 1. The lowest BCUT2D eigenvalue weighted by atomic mass is 10.1. The van der Waals surface area contributed by atoms with Gasteiger partial charge in [0.25, 0.3) is 0 Å². The van der Waals surface area contributed by atoms with Crippen LogP contribution in [0.3, 0.4) is 0 Å². The molecule has 1 saturated heterocycles. The van der Waals surface area contributed by atoms with E-state index in [1.54, 1.807) is 6.07 Å². The molecule has 7 heteroatoms. The van der Waals surface area contributed by atoms with Gasteiger partial charge in [0.15, 0.2) is 0 Å². The number of aryl methyl sites for hydroxylation is 1. The molecule has 1 aromatic heterocycles. The van der Waals surface area contributed by atoms with Crippen LogP contribution in [0.5, 0.6) is 5.88 Å². The maximum Gasteiger partial charge on any atom is 0.225 e. The van der Waals surface area contributed by atoms with Crippen molar-refractivity contribution < 1.29 is 13.9 Å². The molecule has 0 bridgehead atoms. The van der Waals surface area contributed by atoms with Crippen LogP contribution in [0, 0.1) is 5.82 Å². The van der Waals surface area contributed by atoms with Crippen molar-refractivity contribution >= 4 is 28.2 Å². The van der Waals surface area contributed by atoms with Crippen molar-refractivity contribution in [3.63, 3.8) is 0 Å². The predicted octanol–water partition coefficient (Wildman–Crippen LogP) is 4.24. The zero-order chi connectivity index (χ0) is 22.6. The molecule has 0 unspecified atom stereocenters. The lowest BCUT2D eigenvalue weighted by Crippen LogP contribution is -2.46. The molecule has 2 aliphatic heterocycles. The molecule has 0 spiro atoms. The Morgan fingerprint density at radius 2 is 1.76 bits per heavy atom. The van der Waals surface area contributed by atoms with E-state index in [-0.39, 0.29) is 11.7 Å². The van der Waals surface area contributed by atoms with Gasteiger partial charge in [0.1, 0.15) is 11.6 Å². The number of hydrogen-bond donors (Lipinski definition) is 1. The first kappa shape index (κ1) is 21.6. The Balaban J connectivity index is 1.06. The van der Waals surface area contributed by atoms with Crippen LogP contribution in [0.15, 0.2) is 48.5 Å². The summed E-state index contributed by atoms with van der Waals surface area (Å²) in [5, 5.41) is 4.49. The Morgan fingerprint density at radius 1 is 0.939 bits per heavy atom. The van der Waals surface area contributed by atoms with E-state index in [1.807, 2.05) is 30.3 Å². The van der Waals surface area contributed by atoms with Gasteiger partial charge in [-0.3, -0.25) is 9.69 Å². The summed E-state index contributed by atoms with van der Waals surface area (Å²) in [6.07, 6.45) is 3.26. The summed E-state index contributed by atoms with van der Waals surface area (Å²) < 4.78 is 19.9. The predicted molar refractivity (Wildman–Crippen MR) is 128 cm³/mol. The van der Waals surface area contributed by atoms with E-state index in [2.05, 4.69) is 26.2 Å². The molecule has 5 rings (SSSR count). The Kier molecular flexibility index (Phi) is 6.39. The number of aromatic nitrogens is 1. The number of fused-ring (bicyclic) bond motifs is 2. The lowest BCUT2D eigenvalue weighted by molar-refractivity contribution is -0.116. The number of carbonyl (C=O) groups excluding carboxylic acids is 1. The summed E-state index contributed by atoms with van der Waals surface area (Å²) in [6, 6.07) is 15.1. The zero-order valence-electron chi connectivity index (χ0n) is 18.7. The number of hydrogen-bond acceptors (Lipinski definition) is 5. The number of amides is 1. The molecule has 1 N–H and O–H groups in total. The largest absolute Gasteiger partial charge is 0.478 e. The fourth-order valence-electron chi connectivity index (χ4n) is 4.66. The zero-order valence-corrected chi connectivity index (χ0v) is 18.7. The topological polar surface area (TPSA) is 57.7 Å². The monoisotopic (exact) mass is 448 g/mol. The minimum Gasteiger partial charge on any atom is -0.478 e. The summed E-state index contributed by atoms with van der Waals surface area (Å²) >= 11 is 0. The van der Waals surface area contributed by atoms with Crippen LogP contribution in [0.2, 0.25) is 0 Å². The third-order valence-corrected chi connectivity index (χ3v) is 6.51. The second-order valence-corrected chi connectivity index (χ2v) is 8.70. The van der Waals surface area contributed by atoms with Gasteiger partial charge in [0, 0.05) is 55.1 Å². The molecule has 172 valence electrons. The molecule has 3 aromatic rings. The Bertz CT molecular complexity index is 1140. The molecule has 33 heavy (non-hydrogen) atoms. The summed E-state index contributed by atoms with van der Waals surface area (Å²) in [7, 11) is 0. The van der Waals surface area contributed by atoms with Gasteiger partial charge in [-0.25, -0.2) is 4.39 Å². The van der Waals surface area contributed by atoms with Crippen LogP contribution < -0.4 is 15.0 Å². The molecule has 1 amide bonds. The summed E-state index contributed by atoms with van der Waals surface area (Å²) in [4.78, 5) is 20.8. The molecule has 0 radical (unpaired) electrons. The first-order valence-electron chi connectivity index (χ1n) is 11.7. The van der Waals surface area contributed by atoms with Crippen molar-refractivity contribution in [3.05, 3.63) is 59.9 Å². The smallest absolute Gasteiger partial charge is 0.225 e. The van der Waals surface area contributed by atoms with Crippen LogP contribution in [-0.2, 0) is 11.2 Å². The average molecular weight is 449 g/mol. The molecule has 1 fully saturated rings. The number of carbonyl (C=O) groups is 1. The maximum absolute atomic E-state index is 14.1. The second-order valence-electron chi connectivity index (χ2n) is 8.70. The van der Waals surface area contributed by atoms with Gasteiger partial charge in [-0.15, -0.1) is 0 Å². The number of anilines is 2. The molecular weight excluding hydrogens is 419 g/mol. The molecule has 0 aliphatic carbocycles. The standard InChI is InChI=1S/C26H29FN4O2/c27-22-7-3-6-21-20(22)5-4-8-23(21)31-16-14-30(15-17-31)13-1-2-18-33-25-12-10-19-9-11-24(32)28-26(19)29-25/h3-8,10,12H,1-2,9,11,13-18H2,(H,28,29,32). The van der Waals surface area contributed by atoms with E-state index in [0.717, 1.165) is 68.6 Å². The van der Waals surface area contributed by atoms with Crippen LogP contribution in [0.4, 0.5) is 15.9 Å². The molecule has 2 aliphatic rings. The SMILES string of the molecule is O=C1CCc2ccc(OCCCCN3CCN(c4cccc5c(F)cccc45)CC3)nc2N1. The number of ether oxygens (including phenoxy) is 1. The van der Waals surface area contributed by atoms with Gasteiger partial charge in [-0.2, -0.15) is 4.98 Å². The average Bonchev–Trinajstić information content (AvgIpc) is 2.84. The number of nitrogens with zero attached hydrogens (tertiary/aromatic N) is 3. The Labute approximate surface area is 193 Å². The van der Waals surface area contributed by atoms with Crippen molar-refractivity contribution in [3.8, 4) is 5.88 Å². The number of unbranched alkanes of at least 4 members (excludes halogenated alkanes) is 1. The number of pyridine rings is 1. The van der Waals surface area contributed by atoms with E-state index < -0.39 is 0 Å². The fraction of sp³-hybridized carbons (Fsp3) is 0.385. The van der Waals surface area contributed by atoms with Crippen molar-refractivity contribution in [2.75, 3.05) is 49.5 Å². The summed E-state index contributed by atoms with van der Waals surface area (Å²) in [5.74, 6) is 1.05. The first-order chi connectivity index (χ1) is 16.2. The van der Waals surface area contributed by atoms with E-state index in [0.29, 0.717) is 30.1 Å². The van der Waals surface area contributed by atoms with E-state index in [9.17, 15) is 9.18 Å². The van der Waals surface area contributed by atoms with Crippen LogP contribution in [0.1, 0.15) is 24.8 Å². The highest BCUT2D eigenvalue weighted by Crippen LogP contribution is 2.29. The van der Waals surface area contributed by atoms with Crippen molar-refractivity contribution in [2.45, 2.75) is 25.7 Å². The first-order valence-corrected chi connectivity index (χ1v) is 11.7. The molecule has 6 nitrogen and oxygen atoms in total. The Morgan fingerprint density at radius 3 is 2.64 bits per heavy atom. The molecule has 0 saturated carbocycles. The van der Waals surface area contributed by atoms with E-state index in [4.69, 9.17) is 4.74 Å². The summed E-state index contributed by atoms with van der Waals surface area (Å²) in [6.45, 7) is 5.53. The molecule has 0 atom stereocenters. The number of benzene rings is 2. The van der Waals surface area contributed by atoms with Gasteiger partial charge in [0.05, 0.1) is 6.61 Å². The highest BCUT2D eigenvalue weighted by atomic mass is 19.1. The number of rotatable bonds is 7. The maximum atomic E-state index is 14.1. The normalized spacial score (nSPS) is 16.5. The summed E-state index contributed by atoms with van der Waals surface area (Å²) in [5.41, 5.74) is 2.18. The molecule has 3 heterocycles. The second kappa shape index (κ2) is 9.75. The van der Waals surface area contributed by atoms with Crippen LogP contribution in [0.25, 0.3) is 10.8 Å². The molecule has 2 aromatic carbocycles. The third-order valence-electron chi connectivity index (χ3n) is 6.51. The molecular formula is C26H29FN4O2. The van der Waals surface area contributed by atoms with E-state index in [1.165, 1.54) is 6.07 Å². The van der Waals surface area contributed by atoms with Crippen molar-refractivity contribution in [2.24, 2.45) is 0 Å². The number of halogens is 1.